The van der Waals surface area contributed by atoms with E-state index in [0.717, 1.165) is 26.4 Å². The number of hydrogen-bond acceptors (Lipinski definition) is 3. The van der Waals surface area contributed by atoms with Crippen LogP contribution in [-0.4, -0.2) is 27.7 Å². The van der Waals surface area contributed by atoms with Gasteiger partial charge in [0.1, 0.15) is 0 Å². The second kappa shape index (κ2) is 3.91. The lowest BCUT2D eigenvalue weighted by atomic mass is 10.1. The smallest absolute Gasteiger partial charge is 0.326 e. The molecule has 1 saturated heterocycles. The number of hydrogen-bond donors (Lipinski definition) is 1. The summed E-state index contributed by atoms with van der Waals surface area (Å²) < 4.78 is 7.96. The highest BCUT2D eigenvalue weighted by Gasteiger charge is 2.25. The van der Waals surface area contributed by atoms with Gasteiger partial charge in [-0.2, -0.15) is 0 Å². The molecule has 0 bridgehead atoms. The number of ether oxygens (including phenoxy) is 1. The number of nitrogens with one attached hydrogen (secondary N) is 1. The van der Waals surface area contributed by atoms with Crippen LogP contribution in [-0.2, 0) is 4.74 Å². The van der Waals surface area contributed by atoms with E-state index >= 15 is 0 Å². The summed E-state index contributed by atoms with van der Waals surface area (Å²) in [5.74, 6) is 0. The van der Waals surface area contributed by atoms with E-state index in [1.165, 1.54) is 0 Å². The van der Waals surface area contributed by atoms with Crippen molar-refractivity contribution in [1.82, 2.24) is 14.5 Å². The Morgan fingerprint density at radius 3 is 3.00 bits per heavy atom. The number of rotatable bonds is 1. The molecule has 19 heavy (non-hydrogen) atoms. The van der Waals surface area contributed by atoms with Gasteiger partial charge >= 0.3 is 5.69 Å². The highest BCUT2D eigenvalue weighted by Crippen LogP contribution is 2.28. The molecule has 1 fully saturated rings. The SMILES string of the molecule is O=c1[nH]c2cnc3ccc(Br)cc3c2n1C1COC1. The van der Waals surface area contributed by atoms with Gasteiger partial charge in [0.2, 0.25) is 0 Å². The van der Waals surface area contributed by atoms with Crippen LogP contribution in [0.2, 0.25) is 0 Å². The topological polar surface area (TPSA) is 59.9 Å². The van der Waals surface area contributed by atoms with Crippen molar-refractivity contribution in [2.24, 2.45) is 0 Å². The van der Waals surface area contributed by atoms with Crippen LogP contribution in [0.15, 0.2) is 33.7 Å². The number of benzene rings is 1. The van der Waals surface area contributed by atoms with E-state index in [4.69, 9.17) is 4.74 Å². The highest BCUT2D eigenvalue weighted by molar-refractivity contribution is 9.10. The first-order valence-electron chi connectivity index (χ1n) is 6.00. The van der Waals surface area contributed by atoms with Crippen LogP contribution < -0.4 is 5.69 Å². The van der Waals surface area contributed by atoms with E-state index in [-0.39, 0.29) is 11.7 Å². The maximum atomic E-state index is 12.1. The molecule has 0 unspecified atom stereocenters. The third kappa shape index (κ3) is 1.56. The van der Waals surface area contributed by atoms with Crippen LogP contribution >= 0.6 is 15.9 Å². The Bertz CT molecular complexity index is 848. The molecular weight excluding hydrogens is 310 g/mol. The summed E-state index contributed by atoms with van der Waals surface area (Å²) in [5.41, 5.74) is 2.45. The molecule has 1 aliphatic heterocycles. The molecule has 0 spiro atoms. The molecule has 2 aromatic heterocycles. The first-order valence-corrected chi connectivity index (χ1v) is 6.79. The summed E-state index contributed by atoms with van der Waals surface area (Å²) in [6.07, 6.45) is 1.71. The van der Waals surface area contributed by atoms with Crippen LogP contribution in [0, 0.1) is 0 Å². The van der Waals surface area contributed by atoms with Gasteiger partial charge in [-0.15, -0.1) is 0 Å². The molecule has 3 heterocycles. The summed E-state index contributed by atoms with van der Waals surface area (Å²) in [5, 5.41) is 0.970. The molecular formula is C13H10BrN3O2. The van der Waals surface area contributed by atoms with Crippen molar-refractivity contribution in [2.45, 2.75) is 6.04 Å². The summed E-state index contributed by atoms with van der Waals surface area (Å²) >= 11 is 3.47. The van der Waals surface area contributed by atoms with E-state index < -0.39 is 0 Å². The largest absolute Gasteiger partial charge is 0.377 e. The van der Waals surface area contributed by atoms with Crippen molar-refractivity contribution in [3.8, 4) is 0 Å². The second-order valence-corrected chi connectivity index (χ2v) is 5.59. The zero-order valence-corrected chi connectivity index (χ0v) is 11.5. The fraction of sp³-hybridized carbons (Fsp3) is 0.231. The Labute approximate surface area is 116 Å². The van der Waals surface area contributed by atoms with Crippen LogP contribution in [0.1, 0.15) is 6.04 Å². The van der Waals surface area contributed by atoms with Gasteiger partial charge in [0, 0.05) is 9.86 Å². The molecule has 1 aliphatic rings. The van der Waals surface area contributed by atoms with Crippen LogP contribution in [0.5, 0.6) is 0 Å². The van der Waals surface area contributed by atoms with Crippen molar-refractivity contribution in [2.75, 3.05) is 13.2 Å². The minimum atomic E-state index is -0.0995. The van der Waals surface area contributed by atoms with Gasteiger partial charge in [0.15, 0.2) is 0 Å². The van der Waals surface area contributed by atoms with Gasteiger partial charge in [-0.1, -0.05) is 15.9 Å². The zero-order valence-electron chi connectivity index (χ0n) is 9.89. The Morgan fingerprint density at radius 2 is 2.26 bits per heavy atom. The molecule has 0 atom stereocenters. The predicted octanol–water partition coefficient (Wildman–Crippen LogP) is 2.21. The Hall–Kier alpha value is -1.66. The number of aromatic amines is 1. The zero-order chi connectivity index (χ0) is 13.0. The lowest BCUT2D eigenvalue weighted by molar-refractivity contribution is -0.0228. The lowest BCUT2D eigenvalue weighted by Gasteiger charge is -2.27. The molecule has 0 amide bonds. The Balaban J connectivity index is 2.18. The predicted molar refractivity (Wildman–Crippen MR) is 75.4 cm³/mol. The number of imidazole rings is 1. The number of pyridine rings is 1. The molecule has 1 N–H and O–H groups in total. The van der Waals surface area contributed by atoms with E-state index in [2.05, 4.69) is 25.9 Å². The van der Waals surface area contributed by atoms with Crippen molar-refractivity contribution in [1.29, 1.82) is 0 Å². The van der Waals surface area contributed by atoms with Crippen molar-refractivity contribution in [3.05, 3.63) is 39.4 Å². The number of aromatic nitrogens is 3. The van der Waals surface area contributed by atoms with Crippen LogP contribution in [0.25, 0.3) is 21.9 Å². The molecule has 0 aliphatic carbocycles. The molecule has 3 aromatic rings. The normalized spacial score (nSPS) is 16.1. The van der Waals surface area contributed by atoms with E-state index in [0.29, 0.717) is 13.2 Å². The third-order valence-corrected chi connectivity index (χ3v) is 3.98. The first-order chi connectivity index (χ1) is 9.24. The Kier molecular flexibility index (Phi) is 2.31. The summed E-state index contributed by atoms with van der Waals surface area (Å²) in [6.45, 7) is 1.18. The molecule has 1 aromatic carbocycles. The molecule has 0 saturated carbocycles. The molecule has 5 nitrogen and oxygen atoms in total. The average Bonchev–Trinajstić information content (AvgIpc) is 2.65. The van der Waals surface area contributed by atoms with Gasteiger partial charge in [-0.05, 0) is 18.2 Å². The monoisotopic (exact) mass is 319 g/mol. The number of nitrogens with zero attached hydrogens (tertiary/aromatic N) is 2. The second-order valence-electron chi connectivity index (χ2n) is 4.67. The molecule has 0 radical (unpaired) electrons. The molecule has 6 heteroatoms. The first kappa shape index (κ1) is 11.2. The van der Waals surface area contributed by atoms with Crippen molar-refractivity contribution >= 4 is 37.9 Å². The third-order valence-electron chi connectivity index (χ3n) is 3.49. The standard InChI is InChI=1S/C13H10BrN3O2/c14-7-1-2-10-9(3-7)12-11(4-15-10)16-13(18)17(12)8-5-19-6-8/h1-4,8H,5-6H2,(H,16,18). The number of halogens is 1. The van der Waals surface area contributed by atoms with Crippen molar-refractivity contribution < 1.29 is 4.74 Å². The van der Waals surface area contributed by atoms with Gasteiger partial charge < -0.3 is 9.72 Å². The van der Waals surface area contributed by atoms with Crippen LogP contribution in [0.4, 0.5) is 0 Å². The minimum Gasteiger partial charge on any atom is -0.377 e. The molecule has 96 valence electrons. The fourth-order valence-corrected chi connectivity index (χ4v) is 2.86. The van der Waals surface area contributed by atoms with Gasteiger partial charge in [0.05, 0.1) is 42.0 Å². The Morgan fingerprint density at radius 1 is 1.42 bits per heavy atom. The quantitative estimate of drug-likeness (QED) is 0.748. The average molecular weight is 320 g/mol. The molecule has 4 rings (SSSR count). The number of H-pyrrole nitrogens is 1. The van der Waals surface area contributed by atoms with E-state index in [1.54, 1.807) is 10.8 Å². The maximum absolute atomic E-state index is 12.1. The minimum absolute atomic E-state index is 0.0995. The van der Waals surface area contributed by atoms with Gasteiger partial charge in [0.25, 0.3) is 0 Å². The maximum Gasteiger partial charge on any atom is 0.326 e. The van der Waals surface area contributed by atoms with E-state index in [1.807, 2.05) is 18.2 Å². The van der Waals surface area contributed by atoms with Gasteiger partial charge in [-0.3, -0.25) is 9.55 Å². The highest BCUT2D eigenvalue weighted by atomic mass is 79.9. The number of fused-ring (bicyclic) bond motifs is 3. The summed E-state index contributed by atoms with van der Waals surface area (Å²) in [7, 11) is 0. The van der Waals surface area contributed by atoms with Crippen LogP contribution in [0.3, 0.4) is 0 Å². The van der Waals surface area contributed by atoms with Crippen molar-refractivity contribution in [3.63, 3.8) is 0 Å². The summed E-state index contributed by atoms with van der Waals surface area (Å²) in [4.78, 5) is 19.3. The lowest BCUT2D eigenvalue weighted by Crippen LogP contribution is -2.36. The van der Waals surface area contributed by atoms with Gasteiger partial charge in [-0.25, -0.2) is 4.79 Å². The summed E-state index contributed by atoms with van der Waals surface area (Å²) in [6, 6.07) is 6.00. The van der Waals surface area contributed by atoms with E-state index in [9.17, 15) is 4.79 Å². The fourth-order valence-electron chi connectivity index (χ4n) is 2.50.